The number of benzene rings is 1. The van der Waals surface area contributed by atoms with Crippen LogP contribution in [0.2, 0.25) is 5.02 Å². The molecular formula is C12H15ClF3NO. The van der Waals surface area contributed by atoms with Crippen molar-refractivity contribution in [1.82, 2.24) is 0 Å². The molecule has 6 heteroatoms. The van der Waals surface area contributed by atoms with E-state index in [9.17, 15) is 18.3 Å². The van der Waals surface area contributed by atoms with Crippen LogP contribution in [-0.2, 0) is 6.61 Å². The Labute approximate surface area is 109 Å². The van der Waals surface area contributed by atoms with Crippen molar-refractivity contribution in [3.8, 4) is 0 Å². The van der Waals surface area contributed by atoms with Gasteiger partial charge in [0.25, 0.3) is 0 Å². The quantitative estimate of drug-likeness (QED) is 0.891. The SMILES string of the molecule is CCCN(CC(F)(F)F)c1cc(Cl)ccc1CO. The van der Waals surface area contributed by atoms with Crippen LogP contribution in [0.3, 0.4) is 0 Å². The van der Waals surface area contributed by atoms with Gasteiger partial charge >= 0.3 is 6.18 Å². The molecule has 18 heavy (non-hydrogen) atoms. The molecule has 0 aliphatic rings. The van der Waals surface area contributed by atoms with E-state index in [1.54, 1.807) is 13.0 Å². The first-order valence-corrected chi connectivity index (χ1v) is 5.96. The predicted molar refractivity (Wildman–Crippen MR) is 65.9 cm³/mol. The molecule has 0 atom stereocenters. The molecule has 0 heterocycles. The first-order chi connectivity index (χ1) is 8.37. The average molecular weight is 282 g/mol. The summed E-state index contributed by atoms with van der Waals surface area (Å²) in [4.78, 5) is 1.19. The van der Waals surface area contributed by atoms with E-state index >= 15 is 0 Å². The van der Waals surface area contributed by atoms with E-state index in [0.29, 0.717) is 22.7 Å². The van der Waals surface area contributed by atoms with Crippen molar-refractivity contribution in [3.63, 3.8) is 0 Å². The second kappa shape index (κ2) is 6.29. The van der Waals surface area contributed by atoms with Gasteiger partial charge in [0.05, 0.1) is 6.61 Å². The Bertz CT molecular complexity index is 395. The fourth-order valence-electron chi connectivity index (χ4n) is 1.74. The second-order valence-corrected chi connectivity index (χ2v) is 4.40. The predicted octanol–water partition coefficient (Wildman–Crippen LogP) is 3.61. The Balaban J connectivity index is 3.07. The standard InChI is InChI=1S/C12H15ClF3NO/c1-2-5-17(8-12(14,15)16)11-6-10(13)4-3-9(11)7-18/h3-4,6,18H,2,5,7-8H2,1H3. The van der Waals surface area contributed by atoms with Crippen LogP contribution in [0.1, 0.15) is 18.9 Å². The van der Waals surface area contributed by atoms with E-state index in [4.69, 9.17) is 11.6 Å². The maximum Gasteiger partial charge on any atom is 0.405 e. The van der Waals surface area contributed by atoms with E-state index in [2.05, 4.69) is 0 Å². The van der Waals surface area contributed by atoms with Crippen molar-refractivity contribution in [3.05, 3.63) is 28.8 Å². The Morgan fingerprint density at radius 3 is 2.50 bits per heavy atom. The van der Waals surface area contributed by atoms with Gasteiger partial charge in [0.1, 0.15) is 6.54 Å². The fourth-order valence-corrected chi connectivity index (χ4v) is 1.90. The van der Waals surface area contributed by atoms with Gasteiger partial charge in [0.15, 0.2) is 0 Å². The maximum atomic E-state index is 12.5. The lowest BCUT2D eigenvalue weighted by atomic mass is 10.1. The largest absolute Gasteiger partial charge is 0.405 e. The van der Waals surface area contributed by atoms with Crippen molar-refractivity contribution in [1.29, 1.82) is 0 Å². The van der Waals surface area contributed by atoms with Crippen LogP contribution in [0, 0.1) is 0 Å². The fraction of sp³-hybridized carbons (Fsp3) is 0.500. The Hall–Kier alpha value is -0.940. The molecule has 0 fully saturated rings. The molecule has 1 rings (SSSR count). The molecule has 0 aromatic heterocycles. The third kappa shape index (κ3) is 4.38. The number of rotatable bonds is 5. The number of halogens is 4. The lowest BCUT2D eigenvalue weighted by Crippen LogP contribution is -2.35. The summed E-state index contributed by atoms with van der Waals surface area (Å²) in [7, 11) is 0. The third-order valence-electron chi connectivity index (χ3n) is 2.42. The minimum atomic E-state index is -4.29. The molecule has 0 saturated carbocycles. The molecule has 0 aliphatic heterocycles. The van der Waals surface area contributed by atoms with Crippen molar-refractivity contribution >= 4 is 17.3 Å². The molecule has 1 aromatic rings. The molecule has 1 aromatic carbocycles. The van der Waals surface area contributed by atoms with Crippen molar-refractivity contribution in [2.75, 3.05) is 18.0 Å². The summed E-state index contributed by atoms with van der Waals surface area (Å²) in [6.07, 6.45) is -3.71. The lowest BCUT2D eigenvalue weighted by Gasteiger charge is -2.27. The van der Waals surface area contributed by atoms with Crippen molar-refractivity contribution in [2.45, 2.75) is 26.1 Å². The first-order valence-electron chi connectivity index (χ1n) is 5.58. The number of hydrogen-bond donors (Lipinski definition) is 1. The van der Waals surface area contributed by atoms with Crippen LogP contribution in [0.4, 0.5) is 18.9 Å². The summed E-state index contributed by atoms with van der Waals surface area (Å²) in [6, 6.07) is 4.54. The van der Waals surface area contributed by atoms with Gasteiger partial charge in [-0.05, 0) is 18.6 Å². The Kier molecular flexibility index (Phi) is 5.28. The van der Waals surface area contributed by atoms with Gasteiger partial charge in [-0.25, -0.2) is 0 Å². The minimum absolute atomic E-state index is 0.257. The Morgan fingerprint density at radius 1 is 1.33 bits per heavy atom. The van der Waals surface area contributed by atoms with Crippen LogP contribution in [0.15, 0.2) is 18.2 Å². The highest BCUT2D eigenvalue weighted by molar-refractivity contribution is 6.30. The third-order valence-corrected chi connectivity index (χ3v) is 2.66. The summed E-state index contributed by atoms with van der Waals surface area (Å²) in [5.41, 5.74) is 0.779. The zero-order chi connectivity index (χ0) is 13.8. The first kappa shape index (κ1) is 15.1. The number of hydrogen-bond acceptors (Lipinski definition) is 2. The highest BCUT2D eigenvalue weighted by Gasteiger charge is 2.31. The summed E-state index contributed by atoms with van der Waals surface area (Å²) < 4.78 is 37.5. The zero-order valence-electron chi connectivity index (χ0n) is 9.97. The van der Waals surface area contributed by atoms with E-state index < -0.39 is 12.7 Å². The van der Waals surface area contributed by atoms with E-state index in [1.807, 2.05) is 0 Å². The van der Waals surface area contributed by atoms with Crippen LogP contribution in [-0.4, -0.2) is 24.4 Å². The topological polar surface area (TPSA) is 23.5 Å². The van der Waals surface area contributed by atoms with Crippen LogP contribution in [0.5, 0.6) is 0 Å². The average Bonchev–Trinajstić information content (AvgIpc) is 2.26. The smallest absolute Gasteiger partial charge is 0.392 e. The molecule has 2 nitrogen and oxygen atoms in total. The van der Waals surface area contributed by atoms with E-state index in [0.717, 1.165) is 0 Å². The molecule has 0 unspecified atom stereocenters. The van der Waals surface area contributed by atoms with E-state index in [1.165, 1.54) is 17.0 Å². The van der Waals surface area contributed by atoms with Gasteiger partial charge in [-0.15, -0.1) is 0 Å². The number of alkyl halides is 3. The van der Waals surface area contributed by atoms with Crippen LogP contribution < -0.4 is 4.90 Å². The van der Waals surface area contributed by atoms with Gasteiger partial charge in [0, 0.05) is 22.8 Å². The molecule has 102 valence electrons. The van der Waals surface area contributed by atoms with Gasteiger partial charge in [-0.3, -0.25) is 0 Å². The number of aliphatic hydroxyl groups excluding tert-OH is 1. The van der Waals surface area contributed by atoms with Crippen molar-refractivity contribution in [2.24, 2.45) is 0 Å². The van der Waals surface area contributed by atoms with Crippen LogP contribution in [0.25, 0.3) is 0 Å². The number of anilines is 1. The lowest BCUT2D eigenvalue weighted by molar-refractivity contribution is -0.119. The molecule has 0 spiro atoms. The normalized spacial score (nSPS) is 11.7. The van der Waals surface area contributed by atoms with Crippen LogP contribution >= 0.6 is 11.6 Å². The summed E-state index contributed by atoms with van der Waals surface area (Å²) >= 11 is 5.80. The zero-order valence-corrected chi connectivity index (χ0v) is 10.7. The number of aliphatic hydroxyl groups is 1. The van der Waals surface area contributed by atoms with Crippen molar-refractivity contribution < 1.29 is 18.3 Å². The highest BCUT2D eigenvalue weighted by Crippen LogP contribution is 2.28. The highest BCUT2D eigenvalue weighted by atomic mass is 35.5. The molecule has 1 N–H and O–H groups in total. The monoisotopic (exact) mass is 281 g/mol. The molecule has 0 radical (unpaired) electrons. The van der Waals surface area contributed by atoms with Gasteiger partial charge in [0.2, 0.25) is 0 Å². The van der Waals surface area contributed by atoms with Gasteiger partial charge < -0.3 is 10.0 Å². The number of nitrogens with zero attached hydrogens (tertiary/aromatic N) is 1. The molecule has 0 amide bonds. The summed E-state index contributed by atoms with van der Waals surface area (Å²) in [5, 5.41) is 9.53. The molecule has 0 bridgehead atoms. The second-order valence-electron chi connectivity index (χ2n) is 3.97. The summed E-state index contributed by atoms with van der Waals surface area (Å²) in [6.45, 7) is 0.693. The molecular weight excluding hydrogens is 267 g/mol. The Morgan fingerprint density at radius 2 is 2.00 bits per heavy atom. The van der Waals surface area contributed by atoms with Gasteiger partial charge in [-0.1, -0.05) is 24.6 Å². The minimum Gasteiger partial charge on any atom is -0.392 e. The molecule has 0 aliphatic carbocycles. The summed E-state index contributed by atoms with van der Waals surface area (Å²) in [5.74, 6) is 0. The maximum absolute atomic E-state index is 12.5. The molecule has 0 saturated heterocycles. The van der Waals surface area contributed by atoms with Gasteiger partial charge in [-0.2, -0.15) is 13.2 Å². The van der Waals surface area contributed by atoms with E-state index in [-0.39, 0.29) is 13.2 Å².